The molecule has 30 heavy (non-hydrogen) atoms. The molecule has 0 atom stereocenters. The molecule has 7 nitrogen and oxygen atoms in total. The molecule has 3 rings (SSSR count). The Kier molecular flexibility index (Phi) is 7.69. The summed E-state index contributed by atoms with van der Waals surface area (Å²) in [6.07, 6.45) is 0. The molecule has 2 N–H and O–H groups in total. The van der Waals surface area contributed by atoms with Crippen molar-refractivity contribution in [1.29, 1.82) is 0 Å². The molecule has 0 saturated heterocycles. The zero-order valence-electron chi connectivity index (χ0n) is 16.5. The number of carbonyl (C=O) groups excluding carboxylic acids is 2. The first-order valence-electron chi connectivity index (χ1n) is 9.05. The number of hydrogen-bond donors (Lipinski definition) is 2. The van der Waals surface area contributed by atoms with Gasteiger partial charge in [0.15, 0.2) is 10.9 Å². The topological polar surface area (TPSA) is 89.6 Å². The smallest absolute Gasteiger partial charge is 0.262 e. The Morgan fingerprint density at radius 1 is 1.07 bits per heavy atom. The minimum atomic E-state index is -0.304. The van der Waals surface area contributed by atoms with Crippen molar-refractivity contribution in [3.63, 3.8) is 0 Å². The van der Waals surface area contributed by atoms with Gasteiger partial charge in [-0.3, -0.25) is 9.59 Å². The summed E-state index contributed by atoms with van der Waals surface area (Å²) in [4.78, 5) is 28.6. The van der Waals surface area contributed by atoms with E-state index < -0.39 is 0 Å². The molecule has 3 aromatic rings. The fourth-order valence-electron chi connectivity index (χ4n) is 2.44. The number of rotatable bonds is 9. The number of benzene rings is 2. The third kappa shape index (κ3) is 5.98. The van der Waals surface area contributed by atoms with E-state index in [0.717, 1.165) is 5.56 Å². The van der Waals surface area contributed by atoms with Crippen molar-refractivity contribution in [2.75, 3.05) is 31.8 Å². The third-order valence-corrected chi connectivity index (χ3v) is 6.04. The maximum absolute atomic E-state index is 12.5. The zero-order valence-corrected chi connectivity index (χ0v) is 18.1. The summed E-state index contributed by atoms with van der Waals surface area (Å²) in [5, 5.41) is 6.07. The molecule has 2 amide bonds. The van der Waals surface area contributed by atoms with Gasteiger partial charge in [-0.15, -0.1) is 0 Å². The highest BCUT2D eigenvalue weighted by Gasteiger charge is 2.17. The van der Waals surface area contributed by atoms with Gasteiger partial charge in [0.2, 0.25) is 5.91 Å². The molecule has 2 aromatic carbocycles. The standard InChI is InChI=1S/C21H21N3O4S2/c1-22-18(26)13-29-21-24-19(14-7-4-3-5-8-14)20(30-21)23-17(25)12-28-16-10-6-9-15(11-16)27-2/h3-11H,12-13H2,1-2H3,(H,22,26)(H,23,25). The highest BCUT2D eigenvalue weighted by molar-refractivity contribution is 8.01. The number of nitrogens with zero attached hydrogens (tertiary/aromatic N) is 1. The quantitative estimate of drug-likeness (QED) is 0.491. The van der Waals surface area contributed by atoms with Gasteiger partial charge in [0.05, 0.1) is 12.9 Å². The van der Waals surface area contributed by atoms with Gasteiger partial charge in [-0.25, -0.2) is 4.98 Å². The van der Waals surface area contributed by atoms with E-state index in [1.165, 1.54) is 23.1 Å². The Morgan fingerprint density at radius 2 is 1.83 bits per heavy atom. The number of hydrogen-bond acceptors (Lipinski definition) is 7. The Hall–Kier alpha value is -3.04. The molecule has 1 aromatic heterocycles. The lowest BCUT2D eigenvalue weighted by Gasteiger charge is -2.08. The molecular formula is C21H21N3O4S2. The third-order valence-electron chi connectivity index (χ3n) is 3.92. The van der Waals surface area contributed by atoms with E-state index in [-0.39, 0.29) is 24.2 Å². The fourth-order valence-corrected chi connectivity index (χ4v) is 4.39. The van der Waals surface area contributed by atoms with E-state index in [1.54, 1.807) is 38.4 Å². The monoisotopic (exact) mass is 443 g/mol. The van der Waals surface area contributed by atoms with Crippen LogP contribution in [0.5, 0.6) is 11.5 Å². The summed E-state index contributed by atoms with van der Waals surface area (Å²) in [6.45, 7) is -0.153. The predicted octanol–water partition coefficient (Wildman–Crippen LogP) is 3.67. The van der Waals surface area contributed by atoms with Gasteiger partial charge in [-0.1, -0.05) is 59.5 Å². The van der Waals surface area contributed by atoms with Gasteiger partial charge in [0.25, 0.3) is 5.91 Å². The Balaban J connectivity index is 1.71. The zero-order chi connectivity index (χ0) is 21.3. The lowest BCUT2D eigenvalue weighted by atomic mass is 10.2. The number of methoxy groups -OCH3 is 1. The molecule has 0 bridgehead atoms. The van der Waals surface area contributed by atoms with Crippen LogP contribution in [0.25, 0.3) is 11.3 Å². The van der Waals surface area contributed by atoms with Gasteiger partial charge < -0.3 is 20.1 Å². The van der Waals surface area contributed by atoms with Crippen LogP contribution in [0, 0.1) is 0 Å². The SMILES string of the molecule is CNC(=O)CSc1nc(-c2ccccc2)c(NC(=O)COc2cccc(OC)c2)s1. The van der Waals surface area contributed by atoms with Gasteiger partial charge >= 0.3 is 0 Å². The summed E-state index contributed by atoms with van der Waals surface area (Å²) in [7, 11) is 3.16. The highest BCUT2D eigenvalue weighted by Crippen LogP contribution is 2.37. The van der Waals surface area contributed by atoms with Crippen LogP contribution >= 0.6 is 23.1 Å². The number of carbonyl (C=O) groups is 2. The number of nitrogens with one attached hydrogen (secondary N) is 2. The van der Waals surface area contributed by atoms with Gasteiger partial charge in [0, 0.05) is 18.7 Å². The first-order chi connectivity index (χ1) is 14.6. The number of anilines is 1. The normalized spacial score (nSPS) is 10.3. The number of thiazole rings is 1. The average molecular weight is 444 g/mol. The first-order valence-corrected chi connectivity index (χ1v) is 10.9. The Morgan fingerprint density at radius 3 is 2.57 bits per heavy atom. The van der Waals surface area contributed by atoms with E-state index in [1.807, 2.05) is 30.3 Å². The van der Waals surface area contributed by atoms with Gasteiger partial charge in [-0.2, -0.15) is 0 Å². The molecule has 9 heteroatoms. The second kappa shape index (κ2) is 10.7. The number of aromatic nitrogens is 1. The van der Waals surface area contributed by atoms with E-state index in [4.69, 9.17) is 9.47 Å². The van der Waals surface area contributed by atoms with Crippen molar-refractivity contribution in [3.8, 4) is 22.8 Å². The number of thioether (sulfide) groups is 1. The molecule has 0 aliphatic rings. The molecule has 0 radical (unpaired) electrons. The van der Waals surface area contributed by atoms with Crippen LogP contribution in [0.4, 0.5) is 5.00 Å². The van der Waals surface area contributed by atoms with Crippen molar-refractivity contribution in [1.82, 2.24) is 10.3 Å². The second-order valence-electron chi connectivity index (χ2n) is 6.00. The van der Waals surface area contributed by atoms with Gasteiger partial charge in [-0.05, 0) is 12.1 Å². The van der Waals surface area contributed by atoms with Crippen LogP contribution in [-0.2, 0) is 9.59 Å². The molecule has 0 spiro atoms. The lowest BCUT2D eigenvalue weighted by molar-refractivity contribution is -0.118. The van der Waals surface area contributed by atoms with Crippen molar-refractivity contribution in [2.24, 2.45) is 0 Å². The van der Waals surface area contributed by atoms with Crippen molar-refractivity contribution in [3.05, 3.63) is 54.6 Å². The average Bonchev–Trinajstić information content (AvgIpc) is 3.19. The first kappa shape index (κ1) is 21.7. The molecule has 0 unspecified atom stereocenters. The summed E-state index contributed by atoms with van der Waals surface area (Å²) >= 11 is 2.65. The lowest BCUT2D eigenvalue weighted by Crippen LogP contribution is -2.20. The van der Waals surface area contributed by atoms with Gasteiger partial charge in [0.1, 0.15) is 22.2 Å². The highest BCUT2D eigenvalue weighted by atomic mass is 32.2. The summed E-state index contributed by atoms with van der Waals surface area (Å²) < 4.78 is 11.4. The Labute approximate surface area is 182 Å². The molecule has 0 saturated carbocycles. The fraction of sp³-hybridized carbons (Fsp3) is 0.190. The van der Waals surface area contributed by atoms with Crippen molar-refractivity contribution in [2.45, 2.75) is 4.34 Å². The predicted molar refractivity (Wildman–Crippen MR) is 119 cm³/mol. The molecule has 0 fully saturated rings. The molecule has 0 aliphatic carbocycles. The number of ether oxygens (including phenoxy) is 2. The maximum Gasteiger partial charge on any atom is 0.262 e. The second-order valence-corrected chi connectivity index (χ2v) is 8.22. The van der Waals surface area contributed by atoms with Crippen LogP contribution in [0.2, 0.25) is 0 Å². The molecule has 0 aliphatic heterocycles. The molecular weight excluding hydrogens is 422 g/mol. The number of amides is 2. The van der Waals surface area contributed by atoms with Crippen LogP contribution in [0.15, 0.2) is 58.9 Å². The van der Waals surface area contributed by atoms with Crippen LogP contribution in [0.1, 0.15) is 0 Å². The minimum Gasteiger partial charge on any atom is -0.497 e. The van der Waals surface area contributed by atoms with Crippen LogP contribution in [-0.4, -0.2) is 43.3 Å². The van der Waals surface area contributed by atoms with E-state index in [2.05, 4.69) is 15.6 Å². The summed E-state index contributed by atoms with van der Waals surface area (Å²) in [5.74, 6) is 1.05. The van der Waals surface area contributed by atoms with Crippen molar-refractivity contribution < 1.29 is 19.1 Å². The van der Waals surface area contributed by atoms with Crippen LogP contribution in [0.3, 0.4) is 0 Å². The Bertz CT molecular complexity index is 1010. The van der Waals surface area contributed by atoms with Crippen molar-refractivity contribution >= 4 is 39.9 Å². The minimum absolute atomic E-state index is 0.0891. The summed E-state index contributed by atoms with van der Waals surface area (Å²) in [6, 6.07) is 16.6. The maximum atomic E-state index is 12.5. The van der Waals surface area contributed by atoms with E-state index in [9.17, 15) is 9.59 Å². The van der Waals surface area contributed by atoms with Crippen LogP contribution < -0.4 is 20.1 Å². The van der Waals surface area contributed by atoms with E-state index >= 15 is 0 Å². The largest absolute Gasteiger partial charge is 0.497 e. The van der Waals surface area contributed by atoms with E-state index in [0.29, 0.717) is 26.5 Å². The summed E-state index contributed by atoms with van der Waals surface area (Å²) in [5.41, 5.74) is 1.54. The molecule has 1 heterocycles. The molecule has 156 valence electrons.